The van der Waals surface area contributed by atoms with Gasteiger partial charge < -0.3 is 14.2 Å². The number of halogens is 1. The van der Waals surface area contributed by atoms with Crippen molar-refractivity contribution in [1.82, 2.24) is 0 Å². The zero-order chi connectivity index (χ0) is 30.3. The van der Waals surface area contributed by atoms with Gasteiger partial charge in [0.05, 0.1) is 25.4 Å². The first-order valence-electron chi connectivity index (χ1n) is 16.6. The molecule has 2 rings (SSSR count). The molecule has 0 aliphatic rings. The number of unbranched alkanes of at least 4 members (excludes halogenated alkanes) is 14. The molecule has 0 unspecified atom stereocenters. The fraction of sp³-hybridized carbons (Fsp3) is 0.595. The van der Waals surface area contributed by atoms with Crippen molar-refractivity contribution < 1.29 is 19.0 Å². The molecule has 0 fully saturated rings. The number of carbonyl (C=O) groups excluding carboxylic acids is 1. The maximum Gasteiger partial charge on any atom is 0.338 e. The Labute approximate surface area is 264 Å². The first-order chi connectivity index (χ1) is 20.6. The van der Waals surface area contributed by atoms with Crippen LogP contribution in [-0.2, 0) is 9.53 Å². The molecule has 0 heterocycles. The molecule has 4 nitrogen and oxygen atoms in total. The smallest absolute Gasteiger partial charge is 0.338 e. The standard InChI is InChI=1S/C37H55BrO4/c1-4-7-9-11-13-15-17-19-26-41-35-25-24-31(29-36(35)42-27-20-18-16-14-12-10-8-5-2)28-34(37(39)40-6-3)32-22-21-23-33(38)30-32/h21-25,28-30H,4-20,26-27H2,1-3H3/b34-28+. The molecule has 42 heavy (non-hydrogen) atoms. The summed E-state index contributed by atoms with van der Waals surface area (Å²) in [6, 6.07) is 13.7. The number of esters is 1. The molecule has 0 saturated heterocycles. The fourth-order valence-electron chi connectivity index (χ4n) is 4.97. The van der Waals surface area contributed by atoms with Gasteiger partial charge in [0.1, 0.15) is 0 Å². The van der Waals surface area contributed by atoms with Crippen LogP contribution < -0.4 is 9.47 Å². The second-order valence-corrected chi connectivity index (χ2v) is 12.1. The van der Waals surface area contributed by atoms with Crippen molar-refractivity contribution >= 4 is 33.5 Å². The molecule has 0 spiro atoms. The first kappa shape index (κ1) is 35.9. The Balaban J connectivity index is 2.07. The van der Waals surface area contributed by atoms with E-state index in [4.69, 9.17) is 14.2 Å². The molecule has 0 amide bonds. The summed E-state index contributed by atoms with van der Waals surface area (Å²) in [4.78, 5) is 12.9. The minimum Gasteiger partial charge on any atom is -0.490 e. The predicted molar refractivity (Wildman–Crippen MR) is 181 cm³/mol. The van der Waals surface area contributed by atoms with Crippen LogP contribution in [0.15, 0.2) is 46.9 Å². The van der Waals surface area contributed by atoms with Gasteiger partial charge in [0.2, 0.25) is 0 Å². The van der Waals surface area contributed by atoms with Gasteiger partial charge in [-0.3, -0.25) is 0 Å². The maximum absolute atomic E-state index is 12.9. The lowest BCUT2D eigenvalue weighted by Gasteiger charge is -2.14. The average molecular weight is 644 g/mol. The summed E-state index contributed by atoms with van der Waals surface area (Å²) < 4.78 is 18.8. The van der Waals surface area contributed by atoms with Gasteiger partial charge in [-0.25, -0.2) is 4.79 Å². The zero-order valence-electron chi connectivity index (χ0n) is 26.6. The van der Waals surface area contributed by atoms with Crippen molar-refractivity contribution in [2.75, 3.05) is 19.8 Å². The van der Waals surface area contributed by atoms with E-state index in [2.05, 4.69) is 29.8 Å². The van der Waals surface area contributed by atoms with Gasteiger partial charge in [0.15, 0.2) is 11.5 Å². The van der Waals surface area contributed by atoms with E-state index in [9.17, 15) is 4.79 Å². The molecule has 0 N–H and O–H groups in total. The molecular formula is C37H55BrO4. The van der Waals surface area contributed by atoms with E-state index in [1.165, 1.54) is 89.9 Å². The highest BCUT2D eigenvalue weighted by Crippen LogP contribution is 2.32. The quantitative estimate of drug-likeness (QED) is 0.0494. The Bertz CT molecular complexity index is 1030. The molecule has 2 aromatic rings. The third-order valence-electron chi connectivity index (χ3n) is 7.42. The Kier molecular flexibility index (Phi) is 19.9. The van der Waals surface area contributed by atoms with Crippen LogP contribution in [0.25, 0.3) is 11.6 Å². The summed E-state index contributed by atoms with van der Waals surface area (Å²) >= 11 is 3.52. The lowest BCUT2D eigenvalue weighted by molar-refractivity contribution is -0.136. The van der Waals surface area contributed by atoms with Crippen LogP contribution in [0, 0.1) is 0 Å². The van der Waals surface area contributed by atoms with Gasteiger partial charge in [0.25, 0.3) is 0 Å². The molecule has 0 bridgehead atoms. The number of ether oxygens (including phenoxy) is 3. The van der Waals surface area contributed by atoms with Gasteiger partial charge in [-0.2, -0.15) is 0 Å². The van der Waals surface area contributed by atoms with Crippen molar-refractivity contribution in [3.8, 4) is 11.5 Å². The van der Waals surface area contributed by atoms with Crippen LogP contribution in [0.4, 0.5) is 0 Å². The number of carbonyl (C=O) groups is 1. The van der Waals surface area contributed by atoms with E-state index in [0.29, 0.717) is 25.4 Å². The maximum atomic E-state index is 12.9. The predicted octanol–water partition coefficient (Wildman–Crippen LogP) is 11.6. The molecule has 0 saturated carbocycles. The highest BCUT2D eigenvalue weighted by Gasteiger charge is 2.15. The van der Waals surface area contributed by atoms with Gasteiger partial charge in [-0.05, 0) is 61.2 Å². The van der Waals surface area contributed by atoms with E-state index >= 15 is 0 Å². The van der Waals surface area contributed by atoms with Crippen molar-refractivity contribution in [2.24, 2.45) is 0 Å². The summed E-state index contributed by atoms with van der Waals surface area (Å²) in [6.07, 6.45) is 22.1. The molecule has 0 aliphatic heterocycles. The molecule has 0 aliphatic carbocycles. The molecule has 2 aromatic carbocycles. The second kappa shape index (κ2) is 23.2. The van der Waals surface area contributed by atoms with E-state index in [-0.39, 0.29) is 5.97 Å². The first-order valence-corrected chi connectivity index (χ1v) is 17.4. The molecule has 0 atom stereocenters. The van der Waals surface area contributed by atoms with E-state index in [1.807, 2.05) is 55.5 Å². The molecule has 0 aromatic heterocycles. The minimum atomic E-state index is -0.341. The Hall–Kier alpha value is -2.27. The summed E-state index contributed by atoms with van der Waals surface area (Å²) in [5.41, 5.74) is 2.20. The van der Waals surface area contributed by atoms with Gasteiger partial charge >= 0.3 is 5.97 Å². The van der Waals surface area contributed by atoms with Gasteiger partial charge in [-0.1, -0.05) is 138 Å². The van der Waals surface area contributed by atoms with Crippen molar-refractivity contribution in [3.05, 3.63) is 58.1 Å². The Morgan fingerprint density at radius 1 is 0.667 bits per heavy atom. The van der Waals surface area contributed by atoms with E-state index in [0.717, 1.165) is 39.9 Å². The van der Waals surface area contributed by atoms with E-state index < -0.39 is 0 Å². The molecule has 234 valence electrons. The Morgan fingerprint density at radius 2 is 1.21 bits per heavy atom. The van der Waals surface area contributed by atoms with Crippen LogP contribution >= 0.6 is 15.9 Å². The third-order valence-corrected chi connectivity index (χ3v) is 7.91. The highest BCUT2D eigenvalue weighted by atomic mass is 79.9. The van der Waals surface area contributed by atoms with Crippen molar-refractivity contribution in [3.63, 3.8) is 0 Å². The fourth-order valence-corrected chi connectivity index (χ4v) is 5.37. The van der Waals surface area contributed by atoms with Crippen LogP contribution in [-0.4, -0.2) is 25.8 Å². The number of rotatable bonds is 24. The Morgan fingerprint density at radius 3 is 1.76 bits per heavy atom. The SMILES string of the molecule is CCCCCCCCCCOc1ccc(/C=C(/C(=O)OCC)c2cccc(Br)c2)cc1OCCCCCCCCCC. The number of hydrogen-bond donors (Lipinski definition) is 0. The summed E-state index contributed by atoms with van der Waals surface area (Å²) in [5.74, 6) is 1.17. The highest BCUT2D eigenvalue weighted by molar-refractivity contribution is 9.10. The largest absolute Gasteiger partial charge is 0.490 e. The van der Waals surface area contributed by atoms with Crippen LogP contribution in [0.3, 0.4) is 0 Å². The van der Waals surface area contributed by atoms with Gasteiger partial charge in [0, 0.05) is 4.47 Å². The summed E-state index contributed by atoms with van der Waals surface area (Å²) in [6.45, 7) is 8.01. The topological polar surface area (TPSA) is 44.8 Å². The lowest BCUT2D eigenvalue weighted by atomic mass is 10.0. The average Bonchev–Trinajstić information content (AvgIpc) is 2.99. The van der Waals surface area contributed by atoms with Crippen molar-refractivity contribution in [1.29, 1.82) is 0 Å². The van der Waals surface area contributed by atoms with Gasteiger partial charge in [-0.15, -0.1) is 0 Å². The summed E-state index contributed by atoms with van der Waals surface area (Å²) in [5, 5.41) is 0. The monoisotopic (exact) mass is 642 g/mol. The normalized spacial score (nSPS) is 11.5. The van der Waals surface area contributed by atoms with Crippen molar-refractivity contribution in [2.45, 2.75) is 124 Å². The number of hydrogen-bond acceptors (Lipinski definition) is 4. The molecular weight excluding hydrogens is 588 g/mol. The van der Waals surface area contributed by atoms with Crippen LogP contribution in [0.2, 0.25) is 0 Å². The van der Waals surface area contributed by atoms with Crippen LogP contribution in [0.1, 0.15) is 135 Å². The summed E-state index contributed by atoms with van der Waals surface area (Å²) in [7, 11) is 0. The molecule has 5 heteroatoms. The van der Waals surface area contributed by atoms with Crippen LogP contribution in [0.5, 0.6) is 11.5 Å². The lowest BCUT2D eigenvalue weighted by Crippen LogP contribution is -2.07. The number of benzene rings is 2. The second-order valence-electron chi connectivity index (χ2n) is 11.1. The zero-order valence-corrected chi connectivity index (χ0v) is 28.2. The third kappa shape index (κ3) is 15.3. The minimum absolute atomic E-state index is 0.322. The molecule has 0 radical (unpaired) electrons. The van der Waals surface area contributed by atoms with E-state index in [1.54, 1.807) is 0 Å².